The first kappa shape index (κ1) is 23.7. The minimum absolute atomic E-state index is 0.0775. The van der Waals surface area contributed by atoms with Gasteiger partial charge in [-0.2, -0.15) is 13.1 Å². The van der Waals surface area contributed by atoms with E-state index in [-0.39, 0.29) is 42.5 Å². The zero-order valence-electron chi connectivity index (χ0n) is 17.9. The lowest BCUT2D eigenvalue weighted by Gasteiger charge is -2.14. The van der Waals surface area contributed by atoms with Gasteiger partial charge in [0.05, 0.1) is 12.3 Å². The van der Waals surface area contributed by atoms with Crippen LogP contribution in [0.2, 0.25) is 0 Å². The van der Waals surface area contributed by atoms with Gasteiger partial charge in [-0.15, -0.1) is 0 Å². The summed E-state index contributed by atoms with van der Waals surface area (Å²) < 4.78 is 54.5. The average molecular weight is 465 g/mol. The summed E-state index contributed by atoms with van der Waals surface area (Å²) >= 11 is 0. The number of aryl methyl sites for hydroxylation is 1. The van der Waals surface area contributed by atoms with Crippen LogP contribution in [0.25, 0.3) is 11.0 Å². The van der Waals surface area contributed by atoms with Gasteiger partial charge in [0.2, 0.25) is 0 Å². The number of rotatable bonds is 9. The van der Waals surface area contributed by atoms with Gasteiger partial charge in [0.25, 0.3) is 10.2 Å². The van der Waals surface area contributed by atoms with Crippen molar-refractivity contribution in [2.24, 2.45) is 0 Å². The van der Waals surface area contributed by atoms with Crippen LogP contribution in [0, 0.1) is 12.7 Å². The van der Waals surface area contributed by atoms with Crippen molar-refractivity contribution in [3.8, 4) is 5.75 Å². The molecule has 0 saturated carbocycles. The summed E-state index contributed by atoms with van der Waals surface area (Å²) in [6, 6.07) is 8.91. The molecule has 0 aliphatic carbocycles. The number of fused-ring (bicyclic) bond motifs is 1. The lowest BCUT2D eigenvalue weighted by molar-refractivity contribution is 0.201. The molecule has 0 saturated heterocycles. The van der Waals surface area contributed by atoms with E-state index in [1.807, 2.05) is 0 Å². The molecule has 10 heteroatoms. The third-order valence-electron chi connectivity index (χ3n) is 4.70. The molecule has 0 radical (unpaired) electrons. The number of ether oxygens (including phenoxy) is 1. The van der Waals surface area contributed by atoms with Crippen molar-refractivity contribution in [1.29, 1.82) is 0 Å². The predicted octanol–water partition coefficient (Wildman–Crippen LogP) is 2.86. The van der Waals surface area contributed by atoms with Crippen molar-refractivity contribution in [2.45, 2.75) is 33.2 Å². The highest BCUT2D eigenvalue weighted by molar-refractivity contribution is 7.90. The third kappa shape index (κ3) is 5.45. The largest absolute Gasteiger partial charge is 0.491 e. The van der Waals surface area contributed by atoms with Crippen molar-refractivity contribution < 1.29 is 27.1 Å². The van der Waals surface area contributed by atoms with E-state index in [0.717, 1.165) is 0 Å². The second kappa shape index (κ2) is 9.68. The van der Waals surface area contributed by atoms with E-state index in [9.17, 15) is 13.2 Å². The zero-order valence-corrected chi connectivity index (χ0v) is 18.8. The Hall–Kier alpha value is -2.95. The Kier molecular flexibility index (Phi) is 7.17. The zero-order chi connectivity index (χ0) is 23.5. The smallest absolute Gasteiger partial charge is 0.340 e. The summed E-state index contributed by atoms with van der Waals surface area (Å²) in [5.74, 6) is -0.323. The molecule has 8 nitrogen and oxygen atoms in total. The Balaban J connectivity index is 1.95. The van der Waals surface area contributed by atoms with Gasteiger partial charge in [-0.25, -0.2) is 9.18 Å². The fourth-order valence-electron chi connectivity index (χ4n) is 3.30. The molecule has 32 heavy (non-hydrogen) atoms. The van der Waals surface area contributed by atoms with Gasteiger partial charge in [-0.05, 0) is 50.1 Å². The highest BCUT2D eigenvalue weighted by Crippen LogP contribution is 2.27. The van der Waals surface area contributed by atoms with E-state index in [1.54, 1.807) is 39.0 Å². The third-order valence-corrected chi connectivity index (χ3v) is 5.97. The molecule has 0 aliphatic rings. The van der Waals surface area contributed by atoms with E-state index < -0.39 is 21.7 Å². The molecule has 0 spiro atoms. The van der Waals surface area contributed by atoms with Crippen LogP contribution in [-0.2, 0) is 16.6 Å². The molecule has 3 aromatic rings. The molecule has 1 aromatic heterocycles. The number of halogens is 1. The molecule has 0 amide bonds. The van der Waals surface area contributed by atoms with E-state index in [2.05, 4.69) is 9.44 Å². The van der Waals surface area contributed by atoms with Crippen molar-refractivity contribution in [1.82, 2.24) is 4.72 Å². The van der Waals surface area contributed by atoms with Gasteiger partial charge < -0.3 is 14.3 Å². The van der Waals surface area contributed by atoms with E-state index in [0.29, 0.717) is 22.3 Å². The van der Waals surface area contributed by atoms with Gasteiger partial charge >= 0.3 is 5.63 Å². The van der Waals surface area contributed by atoms with Crippen LogP contribution in [0.1, 0.15) is 30.5 Å². The van der Waals surface area contributed by atoms with E-state index in [1.165, 1.54) is 18.2 Å². The quantitative estimate of drug-likeness (QED) is 0.419. The van der Waals surface area contributed by atoms with Gasteiger partial charge in [0, 0.05) is 29.5 Å². The Morgan fingerprint density at radius 3 is 2.66 bits per heavy atom. The predicted molar refractivity (Wildman–Crippen MR) is 120 cm³/mol. The first-order valence-corrected chi connectivity index (χ1v) is 11.5. The summed E-state index contributed by atoms with van der Waals surface area (Å²) in [5.41, 5.74) is 0.503. The standard InChI is InChI=1S/C22H25FN2O6S/c1-13(2)24-32(28,29)25-19-6-4-5-15(21(19)23)11-18-14(3)17-8-7-16(30-10-9-26)12-20(17)31-22(18)27/h4-8,12-13,24-26H,9-11H2,1-3H3. The molecule has 0 unspecified atom stereocenters. The van der Waals surface area contributed by atoms with Crippen molar-refractivity contribution in [2.75, 3.05) is 17.9 Å². The Morgan fingerprint density at radius 1 is 1.22 bits per heavy atom. The normalized spacial score (nSPS) is 11.8. The first-order chi connectivity index (χ1) is 15.1. The lowest BCUT2D eigenvalue weighted by atomic mass is 9.99. The van der Waals surface area contributed by atoms with Crippen LogP contribution in [0.15, 0.2) is 45.6 Å². The van der Waals surface area contributed by atoms with Crippen molar-refractivity contribution >= 4 is 26.9 Å². The number of hydrogen-bond acceptors (Lipinski definition) is 6. The molecule has 0 fully saturated rings. The van der Waals surface area contributed by atoms with E-state index in [4.69, 9.17) is 14.3 Å². The van der Waals surface area contributed by atoms with Gasteiger partial charge in [-0.1, -0.05) is 12.1 Å². The van der Waals surface area contributed by atoms with Crippen LogP contribution in [0.3, 0.4) is 0 Å². The molecule has 0 aliphatic heterocycles. The SMILES string of the molecule is Cc1c(Cc2cccc(NS(=O)(=O)NC(C)C)c2F)c(=O)oc2cc(OCCO)ccc12. The first-order valence-electron chi connectivity index (χ1n) is 9.98. The van der Waals surface area contributed by atoms with Crippen LogP contribution >= 0.6 is 0 Å². The van der Waals surface area contributed by atoms with Gasteiger partial charge in [0.1, 0.15) is 17.9 Å². The summed E-state index contributed by atoms with van der Waals surface area (Å²) in [4.78, 5) is 12.6. The number of hydrogen-bond donors (Lipinski definition) is 3. The maximum Gasteiger partial charge on any atom is 0.340 e. The van der Waals surface area contributed by atoms with Crippen LogP contribution in [0.5, 0.6) is 5.75 Å². The fraction of sp³-hybridized carbons (Fsp3) is 0.318. The van der Waals surface area contributed by atoms with Crippen molar-refractivity contribution in [3.63, 3.8) is 0 Å². The molecule has 1 heterocycles. The van der Waals surface area contributed by atoms with Crippen molar-refractivity contribution in [3.05, 3.63) is 69.3 Å². The van der Waals surface area contributed by atoms with Crippen LogP contribution in [-0.4, -0.2) is 32.8 Å². The molecular formula is C22H25FN2O6S. The summed E-state index contributed by atoms with van der Waals surface area (Å²) in [6.45, 7) is 5.00. The fourth-order valence-corrected chi connectivity index (χ4v) is 4.43. The monoisotopic (exact) mass is 464 g/mol. The number of aliphatic hydroxyl groups excluding tert-OH is 1. The van der Waals surface area contributed by atoms with Crippen LogP contribution < -0.4 is 19.8 Å². The van der Waals surface area contributed by atoms with Crippen LogP contribution in [0.4, 0.5) is 10.1 Å². The van der Waals surface area contributed by atoms with E-state index >= 15 is 4.39 Å². The Morgan fingerprint density at radius 2 is 1.97 bits per heavy atom. The number of benzene rings is 2. The minimum Gasteiger partial charge on any atom is -0.491 e. The summed E-state index contributed by atoms with van der Waals surface area (Å²) in [5, 5.41) is 9.54. The summed E-state index contributed by atoms with van der Waals surface area (Å²) in [7, 11) is -3.95. The molecule has 3 rings (SSSR count). The Labute approximate surface area is 185 Å². The van der Waals surface area contributed by atoms with Gasteiger partial charge in [-0.3, -0.25) is 4.72 Å². The molecule has 172 valence electrons. The topological polar surface area (TPSA) is 118 Å². The second-order valence-corrected chi connectivity index (χ2v) is 9.00. The number of aliphatic hydroxyl groups is 1. The number of anilines is 1. The maximum atomic E-state index is 15.1. The van der Waals surface area contributed by atoms with Gasteiger partial charge in [0.15, 0.2) is 5.82 Å². The Bertz CT molecular complexity index is 1290. The minimum atomic E-state index is -3.95. The second-order valence-electron chi connectivity index (χ2n) is 7.56. The average Bonchev–Trinajstić information content (AvgIpc) is 2.70. The molecule has 3 N–H and O–H groups in total. The molecule has 0 atom stereocenters. The summed E-state index contributed by atoms with van der Waals surface area (Å²) in [6.07, 6.45) is -0.0775. The molecule has 0 bridgehead atoms. The molecular weight excluding hydrogens is 439 g/mol. The lowest BCUT2D eigenvalue weighted by Crippen LogP contribution is -2.35. The highest BCUT2D eigenvalue weighted by Gasteiger charge is 2.19. The molecule has 2 aromatic carbocycles. The number of nitrogens with one attached hydrogen (secondary N) is 2. The highest BCUT2D eigenvalue weighted by atomic mass is 32.2. The maximum absolute atomic E-state index is 15.1.